The van der Waals surface area contributed by atoms with Gasteiger partial charge in [0.05, 0.1) is 22.5 Å². The Kier molecular flexibility index (Phi) is 5.04. The van der Waals surface area contributed by atoms with Crippen LogP contribution in [0, 0.1) is 11.3 Å². The van der Waals surface area contributed by atoms with E-state index in [1.54, 1.807) is 18.3 Å². The van der Waals surface area contributed by atoms with Crippen molar-refractivity contribution in [3.8, 4) is 11.8 Å². The van der Waals surface area contributed by atoms with Crippen LogP contribution in [0.4, 0.5) is 5.69 Å². The standard InChI is InChI=1S/C19H19N5O2/c1-21-19(26)17-14-6-3-2-5-12(14)9-16(18(17)25)24-23-15-7-4-8-22-11-13(15)10-20/h2-3,5-6,9,11,23-25H,4,7-8H2,1H3,(H,21,26). The lowest BCUT2D eigenvalue weighted by atomic mass is 10.0. The topological polar surface area (TPSA) is 110 Å². The Morgan fingerprint density at radius 3 is 2.88 bits per heavy atom. The molecular weight excluding hydrogens is 330 g/mol. The maximum absolute atomic E-state index is 12.3. The number of nitrogens with one attached hydrogen (secondary N) is 3. The van der Waals surface area contributed by atoms with E-state index in [-0.39, 0.29) is 17.2 Å². The number of phenolic OH excluding ortho intramolecular Hbond substituents is 1. The fourth-order valence-corrected chi connectivity index (χ4v) is 2.87. The molecule has 1 amide bonds. The number of fused-ring (bicyclic) bond motifs is 1. The summed E-state index contributed by atoms with van der Waals surface area (Å²) in [4.78, 5) is 16.4. The molecule has 7 heteroatoms. The number of hydrazine groups is 1. The van der Waals surface area contributed by atoms with Gasteiger partial charge in [0.15, 0.2) is 5.75 Å². The van der Waals surface area contributed by atoms with Gasteiger partial charge in [0.2, 0.25) is 0 Å². The molecule has 1 heterocycles. The fourth-order valence-electron chi connectivity index (χ4n) is 2.87. The number of aliphatic imine (C=N–C) groups is 1. The van der Waals surface area contributed by atoms with Gasteiger partial charge in [-0.05, 0) is 29.7 Å². The monoisotopic (exact) mass is 349 g/mol. The second-order valence-corrected chi connectivity index (χ2v) is 5.84. The van der Waals surface area contributed by atoms with E-state index in [1.165, 1.54) is 7.05 Å². The van der Waals surface area contributed by atoms with Crippen molar-refractivity contribution in [2.24, 2.45) is 4.99 Å². The van der Waals surface area contributed by atoms with E-state index in [9.17, 15) is 15.2 Å². The Morgan fingerprint density at radius 2 is 2.12 bits per heavy atom. The molecule has 26 heavy (non-hydrogen) atoms. The van der Waals surface area contributed by atoms with Crippen LogP contribution in [-0.4, -0.2) is 30.8 Å². The normalized spacial score (nSPS) is 13.8. The number of amides is 1. The van der Waals surface area contributed by atoms with E-state index in [0.29, 0.717) is 35.3 Å². The average molecular weight is 349 g/mol. The number of nitrogens with zero attached hydrogens (tertiary/aromatic N) is 2. The van der Waals surface area contributed by atoms with Crippen LogP contribution in [0.1, 0.15) is 23.2 Å². The molecule has 0 spiro atoms. The molecule has 2 aromatic carbocycles. The van der Waals surface area contributed by atoms with E-state index in [2.05, 4.69) is 27.2 Å². The van der Waals surface area contributed by atoms with Crippen molar-refractivity contribution in [1.82, 2.24) is 10.7 Å². The minimum Gasteiger partial charge on any atom is -0.505 e. The van der Waals surface area contributed by atoms with Crippen LogP contribution in [-0.2, 0) is 0 Å². The van der Waals surface area contributed by atoms with Crippen molar-refractivity contribution < 1.29 is 9.90 Å². The second-order valence-electron chi connectivity index (χ2n) is 5.84. The SMILES string of the molecule is CNC(=O)c1c(O)c(NNC2=C(C#N)C=NCCC2)cc2ccccc12. The first-order valence-corrected chi connectivity index (χ1v) is 8.27. The summed E-state index contributed by atoms with van der Waals surface area (Å²) in [6.45, 7) is 0.665. The molecule has 0 aliphatic carbocycles. The number of carbonyl (C=O) groups excluding carboxylic acids is 1. The lowest BCUT2D eigenvalue weighted by Gasteiger charge is -2.17. The van der Waals surface area contributed by atoms with Gasteiger partial charge in [0.1, 0.15) is 6.07 Å². The number of hydrogen-bond acceptors (Lipinski definition) is 6. The van der Waals surface area contributed by atoms with E-state index in [1.807, 2.05) is 18.2 Å². The first kappa shape index (κ1) is 17.3. The predicted molar refractivity (Wildman–Crippen MR) is 101 cm³/mol. The summed E-state index contributed by atoms with van der Waals surface area (Å²) in [5, 5.41) is 23.9. The summed E-state index contributed by atoms with van der Waals surface area (Å²) in [5.41, 5.74) is 7.63. The molecule has 0 radical (unpaired) electrons. The van der Waals surface area contributed by atoms with Crippen molar-refractivity contribution in [2.75, 3.05) is 19.0 Å². The minimum atomic E-state index is -0.374. The number of nitriles is 1. The molecule has 0 bridgehead atoms. The van der Waals surface area contributed by atoms with Gasteiger partial charge >= 0.3 is 0 Å². The molecule has 2 aromatic rings. The summed E-state index contributed by atoms with van der Waals surface area (Å²) < 4.78 is 0. The summed E-state index contributed by atoms with van der Waals surface area (Å²) in [6, 6.07) is 11.2. The third-order valence-electron chi connectivity index (χ3n) is 4.20. The van der Waals surface area contributed by atoms with Crippen LogP contribution in [0.15, 0.2) is 46.6 Å². The van der Waals surface area contributed by atoms with Crippen molar-refractivity contribution in [1.29, 1.82) is 5.26 Å². The van der Waals surface area contributed by atoms with Gasteiger partial charge in [-0.3, -0.25) is 15.2 Å². The molecule has 1 aliphatic heterocycles. The lowest BCUT2D eigenvalue weighted by Crippen LogP contribution is -2.24. The molecule has 4 N–H and O–H groups in total. The van der Waals surface area contributed by atoms with Crippen molar-refractivity contribution >= 4 is 28.6 Å². The number of allylic oxidation sites excluding steroid dienone is 2. The molecule has 132 valence electrons. The van der Waals surface area contributed by atoms with Gasteiger partial charge in [0.25, 0.3) is 5.91 Å². The number of phenols is 1. The molecule has 7 nitrogen and oxygen atoms in total. The molecule has 0 unspecified atom stereocenters. The maximum Gasteiger partial charge on any atom is 0.255 e. The van der Waals surface area contributed by atoms with Gasteiger partial charge < -0.3 is 15.8 Å². The van der Waals surface area contributed by atoms with Crippen molar-refractivity contribution in [3.05, 3.63) is 47.2 Å². The van der Waals surface area contributed by atoms with Gasteiger partial charge in [-0.2, -0.15) is 5.26 Å². The van der Waals surface area contributed by atoms with Crippen LogP contribution in [0.3, 0.4) is 0 Å². The Morgan fingerprint density at radius 1 is 1.31 bits per heavy atom. The van der Waals surface area contributed by atoms with Gasteiger partial charge in [-0.15, -0.1) is 0 Å². The number of rotatable bonds is 4. The Balaban J connectivity index is 1.99. The van der Waals surface area contributed by atoms with E-state index < -0.39 is 0 Å². The summed E-state index contributed by atoms with van der Waals surface area (Å²) in [7, 11) is 1.52. The zero-order valence-electron chi connectivity index (χ0n) is 14.3. The lowest BCUT2D eigenvalue weighted by molar-refractivity contribution is 0.0962. The molecule has 0 atom stereocenters. The number of hydrogen-bond donors (Lipinski definition) is 4. The summed E-state index contributed by atoms with van der Waals surface area (Å²) >= 11 is 0. The van der Waals surface area contributed by atoms with Crippen molar-refractivity contribution in [3.63, 3.8) is 0 Å². The first-order valence-electron chi connectivity index (χ1n) is 8.27. The molecule has 0 saturated carbocycles. The highest BCUT2D eigenvalue weighted by molar-refractivity contribution is 6.11. The molecule has 3 rings (SSSR count). The van der Waals surface area contributed by atoms with Gasteiger partial charge in [0, 0.05) is 19.8 Å². The molecule has 0 fully saturated rings. The number of aromatic hydroxyl groups is 1. The van der Waals surface area contributed by atoms with Crippen LogP contribution >= 0.6 is 0 Å². The van der Waals surface area contributed by atoms with E-state index in [0.717, 1.165) is 11.8 Å². The minimum absolute atomic E-state index is 0.156. The van der Waals surface area contributed by atoms with Crippen LogP contribution in [0.2, 0.25) is 0 Å². The Bertz CT molecular complexity index is 956. The highest BCUT2D eigenvalue weighted by atomic mass is 16.3. The quantitative estimate of drug-likeness (QED) is 0.501. The van der Waals surface area contributed by atoms with Crippen molar-refractivity contribution in [2.45, 2.75) is 12.8 Å². The van der Waals surface area contributed by atoms with Crippen LogP contribution < -0.4 is 16.2 Å². The third kappa shape index (κ3) is 3.30. The fraction of sp³-hybridized carbons (Fsp3) is 0.211. The summed E-state index contributed by atoms with van der Waals surface area (Å²) in [5.74, 6) is -0.530. The second kappa shape index (κ2) is 7.57. The van der Waals surface area contributed by atoms with E-state index >= 15 is 0 Å². The summed E-state index contributed by atoms with van der Waals surface area (Å²) in [6.07, 6.45) is 3.03. The van der Waals surface area contributed by atoms with E-state index in [4.69, 9.17) is 0 Å². The highest BCUT2D eigenvalue weighted by Gasteiger charge is 2.18. The largest absolute Gasteiger partial charge is 0.505 e. The molecule has 0 aromatic heterocycles. The zero-order valence-corrected chi connectivity index (χ0v) is 14.3. The predicted octanol–water partition coefficient (Wildman–Crippen LogP) is 2.46. The van der Waals surface area contributed by atoms with Crippen LogP contribution in [0.5, 0.6) is 5.75 Å². The highest BCUT2D eigenvalue weighted by Crippen LogP contribution is 2.34. The Labute approximate surface area is 151 Å². The van der Waals surface area contributed by atoms with Gasteiger partial charge in [-0.25, -0.2) is 0 Å². The van der Waals surface area contributed by atoms with Gasteiger partial charge in [-0.1, -0.05) is 24.3 Å². The first-order chi connectivity index (χ1) is 12.7. The third-order valence-corrected chi connectivity index (χ3v) is 4.20. The Hall–Kier alpha value is -3.53. The molecule has 1 aliphatic rings. The molecule has 0 saturated heterocycles. The number of carbonyl (C=O) groups is 1. The smallest absolute Gasteiger partial charge is 0.255 e. The average Bonchev–Trinajstić information content (AvgIpc) is 2.90. The van der Waals surface area contributed by atoms with Crippen LogP contribution in [0.25, 0.3) is 10.8 Å². The maximum atomic E-state index is 12.3. The number of benzene rings is 2. The zero-order chi connectivity index (χ0) is 18.5. The molecular formula is C19H19N5O2. The number of anilines is 1.